The first-order valence-electron chi connectivity index (χ1n) is 6.32. The normalized spacial score (nSPS) is 10.9. The van der Waals surface area contributed by atoms with Crippen molar-refractivity contribution in [3.8, 4) is 11.3 Å². The molecule has 0 spiro atoms. The summed E-state index contributed by atoms with van der Waals surface area (Å²) in [5.74, 6) is -0.184. The smallest absolute Gasteiger partial charge is 0.206 e. The summed E-state index contributed by atoms with van der Waals surface area (Å²) in [5.41, 5.74) is 3.75. The van der Waals surface area contributed by atoms with Crippen LogP contribution >= 0.6 is 0 Å². The van der Waals surface area contributed by atoms with Gasteiger partial charge in [-0.05, 0) is 31.2 Å². The number of aryl methyl sites for hydroxylation is 2. The number of halogens is 1. The van der Waals surface area contributed by atoms with Gasteiger partial charge >= 0.3 is 0 Å². The zero-order valence-electron chi connectivity index (χ0n) is 11.0. The molecular weight excluding hydrogens is 237 g/mol. The average molecular weight is 252 g/mol. The Balaban J connectivity index is 2.39. The van der Waals surface area contributed by atoms with Crippen molar-refractivity contribution in [1.29, 1.82) is 0 Å². The third-order valence-electron chi connectivity index (χ3n) is 3.51. The molecule has 0 amide bonds. The van der Waals surface area contributed by atoms with Gasteiger partial charge in [0.25, 0.3) is 0 Å². The van der Waals surface area contributed by atoms with Crippen LogP contribution in [0.3, 0.4) is 0 Å². The molecule has 0 N–H and O–H groups in total. The Morgan fingerprint density at radius 1 is 0.947 bits per heavy atom. The molecule has 1 aromatic heterocycles. The van der Waals surface area contributed by atoms with Crippen LogP contribution in [-0.2, 0) is 7.05 Å². The van der Waals surface area contributed by atoms with Crippen LogP contribution in [0.25, 0.3) is 22.2 Å². The van der Waals surface area contributed by atoms with Crippen molar-refractivity contribution < 1.29 is 8.96 Å². The monoisotopic (exact) mass is 252 g/mol. The first kappa shape index (κ1) is 11.8. The van der Waals surface area contributed by atoms with Gasteiger partial charge in [-0.3, -0.25) is 0 Å². The van der Waals surface area contributed by atoms with Gasteiger partial charge in [-0.15, -0.1) is 0 Å². The Bertz CT molecular complexity index is 762. The van der Waals surface area contributed by atoms with E-state index in [-0.39, 0.29) is 5.82 Å². The molecule has 2 heteroatoms. The van der Waals surface area contributed by atoms with Crippen molar-refractivity contribution in [1.82, 2.24) is 0 Å². The predicted molar refractivity (Wildman–Crippen MR) is 75.3 cm³/mol. The molecular formula is C17H15FN+. The molecule has 2 aromatic carbocycles. The lowest BCUT2D eigenvalue weighted by Gasteiger charge is -2.08. The quantitative estimate of drug-likeness (QED) is 0.580. The summed E-state index contributed by atoms with van der Waals surface area (Å²) in [6, 6.07) is 17.2. The highest BCUT2D eigenvalue weighted by Crippen LogP contribution is 2.25. The topological polar surface area (TPSA) is 3.88 Å². The minimum atomic E-state index is -0.184. The van der Waals surface area contributed by atoms with Gasteiger partial charge in [-0.2, -0.15) is 4.57 Å². The maximum absolute atomic E-state index is 14.0. The third kappa shape index (κ3) is 1.89. The van der Waals surface area contributed by atoms with Gasteiger partial charge < -0.3 is 0 Å². The molecule has 19 heavy (non-hydrogen) atoms. The number of para-hydroxylation sites is 1. The van der Waals surface area contributed by atoms with Crippen molar-refractivity contribution in [2.24, 2.45) is 7.05 Å². The Kier molecular flexibility index (Phi) is 2.79. The van der Waals surface area contributed by atoms with Gasteiger partial charge in [0.05, 0.1) is 5.56 Å². The van der Waals surface area contributed by atoms with E-state index in [9.17, 15) is 4.39 Å². The molecule has 1 nitrogen and oxygen atoms in total. The minimum Gasteiger partial charge on any atom is -0.206 e. The van der Waals surface area contributed by atoms with Gasteiger partial charge in [-0.25, -0.2) is 4.39 Å². The standard InChI is InChI=1S/C17H15FN/c1-12-11-13-7-3-6-10-16(13)19(2)17(12)14-8-4-5-9-15(14)18/h3-11H,1-2H3/q+1. The fourth-order valence-electron chi connectivity index (χ4n) is 2.65. The maximum atomic E-state index is 14.0. The van der Waals surface area contributed by atoms with E-state index in [4.69, 9.17) is 0 Å². The van der Waals surface area contributed by atoms with Gasteiger partial charge in [0.1, 0.15) is 12.9 Å². The van der Waals surface area contributed by atoms with E-state index in [0.29, 0.717) is 5.56 Å². The van der Waals surface area contributed by atoms with E-state index in [2.05, 4.69) is 22.8 Å². The summed E-state index contributed by atoms with van der Waals surface area (Å²) in [7, 11) is 1.98. The third-order valence-corrected chi connectivity index (χ3v) is 3.51. The van der Waals surface area contributed by atoms with Crippen LogP contribution in [0.1, 0.15) is 5.56 Å². The van der Waals surface area contributed by atoms with Crippen LogP contribution in [-0.4, -0.2) is 0 Å². The highest BCUT2D eigenvalue weighted by molar-refractivity contribution is 5.79. The molecule has 94 valence electrons. The Morgan fingerprint density at radius 3 is 2.42 bits per heavy atom. The Labute approximate surface area is 111 Å². The number of nitrogens with zero attached hydrogens (tertiary/aromatic N) is 1. The molecule has 0 saturated carbocycles. The van der Waals surface area contributed by atoms with E-state index in [1.54, 1.807) is 6.07 Å². The maximum Gasteiger partial charge on any atom is 0.218 e. The molecule has 0 aliphatic rings. The first-order chi connectivity index (χ1) is 9.18. The summed E-state index contributed by atoms with van der Waals surface area (Å²) in [4.78, 5) is 0. The fraction of sp³-hybridized carbons (Fsp3) is 0.118. The van der Waals surface area contributed by atoms with Crippen LogP contribution in [0, 0.1) is 12.7 Å². The van der Waals surface area contributed by atoms with Crippen LogP contribution in [0.2, 0.25) is 0 Å². The molecule has 0 saturated heterocycles. The van der Waals surface area contributed by atoms with Crippen LogP contribution in [0.5, 0.6) is 0 Å². The summed E-state index contributed by atoms with van der Waals surface area (Å²) in [5, 5.41) is 1.17. The second kappa shape index (κ2) is 4.47. The number of fused-ring (bicyclic) bond motifs is 1. The molecule has 3 aromatic rings. The van der Waals surface area contributed by atoms with E-state index in [0.717, 1.165) is 16.8 Å². The zero-order valence-corrected chi connectivity index (χ0v) is 11.0. The summed E-state index contributed by atoms with van der Waals surface area (Å²) >= 11 is 0. The number of benzene rings is 2. The Hall–Kier alpha value is -2.22. The molecule has 0 unspecified atom stereocenters. The number of rotatable bonds is 1. The number of hydrogen-bond acceptors (Lipinski definition) is 0. The van der Waals surface area contributed by atoms with Crippen molar-refractivity contribution in [2.45, 2.75) is 6.92 Å². The summed E-state index contributed by atoms with van der Waals surface area (Å²) < 4.78 is 16.1. The highest BCUT2D eigenvalue weighted by Gasteiger charge is 2.19. The number of pyridine rings is 1. The van der Waals surface area contributed by atoms with Crippen molar-refractivity contribution in [3.05, 3.63) is 66.0 Å². The molecule has 0 fully saturated rings. The highest BCUT2D eigenvalue weighted by atomic mass is 19.1. The fourth-order valence-corrected chi connectivity index (χ4v) is 2.65. The predicted octanol–water partition coefficient (Wildman–Crippen LogP) is 3.78. The van der Waals surface area contributed by atoms with Crippen LogP contribution < -0.4 is 4.57 Å². The summed E-state index contributed by atoms with van der Waals surface area (Å²) in [6.45, 7) is 2.02. The van der Waals surface area contributed by atoms with Crippen molar-refractivity contribution >= 4 is 10.9 Å². The molecule has 0 aliphatic heterocycles. The molecule has 0 bridgehead atoms. The van der Waals surface area contributed by atoms with E-state index >= 15 is 0 Å². The largest absolute Gasteiger partial charge is 0.218 e. The number of hydrogen-bond donors (Lipinski definition) is 0. The second-order valence-electron chi connectivity index (χ2n) is 4.77. The Morgan fingerprint density at radius 2 is 1.63 bits per heavy atom. The van der Waals surface area contributed by atoms with E-state index in [1.165, 1.54) is 11.5 Å². The van der Waals surface area contributed by atoms with Gasteiger partial charge in [-0.1, -0.05) is 24.3 Å². The first-order valence-corrected chi connectivity index (χ1v) is 6.32. The summed E-state index contributed by atoms with van der Waals surface area (Å²) in [6.07, 6.45) is 0. The molecule has 3 rings (SSSR count). The molecule has 0 aliphatic carbocycles. The van der Waals surface area contributed by atoms with Gasteiger partial charge in [0, 0.05) is 17.0 Å². The van der Waals surface area contributed by atoms with Gasteiger partial charge in [0.15, 0.2) is 0 Å². The van der Waals surface area contributed by atoms with Gasteiger partial charge in [0.2, 0.25) is 11.2 Å². The van der Waals surface area contributed by atoms with Crippen molar-refractivity contribution in [3.63, 3.8) is 0 Å². The molecule has 1 heterocycles. The van der Waals surface area contributed by atoms with Crippen LogP contribution in [0.15, 0.2) is 54.6 Å². The second-order valence-corrected chi connectivity index (χ2v) is 4.77. The SMILES string of the molecule is Cc1cc2ccccc2[n+](C)c1-c1ccccc1F. The van der Waals surface area contributed by atoms with E-state index < -0.39 is 0 Å². The lowest BCUT2D eigenvalue weighted by Crippen LogP contribution is -2.33. The zero-order chi connectivity index (χ0) is 13.4. The number of aromatic nitrogens is 1. The lowest BCUT2D eigenvalue weighted by molar-refractivity contribution is -0.633. The van der Waals surface area contributed by atoms with Crippen LogP contribution in [0.4, 0.5) is 4.39 Å². The molecule has 0 atom stereocenters. The minimum absolute atomic E-state index is 0.184. The molecule has 0 radical (unpaired) electrons. The lowest BCUT2D eigenvalue weighted by atomic mass is 10.0. The average Bonchev–Trinajstić information content (AvgIpc) is 2.41. The van der Waals surface area contributed by atoms with Crippen molar-refractivity contribution in [2.75, 3.05) is 0 Å². The van der Waals surface area contributed by atoms with E-state index in [1.807, 2.05) is 38.2 Å².